The van der Waals surface area contributed by atoms with E-state index in [0.717, 1.165) is 13.0 Å². The second-order valence-electron chi connectivity index (χ2n) is 4.53. The molecule has 0 aromatic rings. The van der Waals surface area contributed by atoms with Gasteiger partial charge in [-0.3, -0.25) is 4.79 Å². The summed E-state index contributed by atoms with van der Waals surface area (Å²) in [4.78, 5) is 11.7. The largest absolute Gasteiger partial charge is 0.356 e. The molecular weight excluding hydrogens is 233 g/mol. The van der Waals surface area contributed by atoms with E-state index < -0.39 is 9.75 Å². The average Bonchev–Trinajstić information content (AvgIpc) is 2.67. The lowest BCUT2D eigenvalue weighted by Crippen LogP contribution is -2.33. The summed E-state index contributed by atoms with van der Waals surface area (Å²) in [7, 11) is 0. The van der Waals surface area contributed by atoms with Gasteiger partial charge in [0, 0.05) is 6.54 Å². The fraction of sp³-hybridized carbons (Fsp3) is 0.909. The van der Waals surface area contributed by atoms with Crippen molar-refractivity contribution in [1.29, 1.82) is 0 Å². The van der Waals surface area contributed by atoms with Gasteiger partial charge in [0.1, 0.15) is 4.33 Å². The highest BCUT2D eigenvalue weighted by molar-refractivity contribution is 6.53. The standard InChI is InChI=1S/C11H19Cl2NO/c1-3-4-5-6-7-14-9(15)10(2)8-11(10,12)13/h3-8H2,1-2H3,(H,14,15)/t10-/m1/s1. The van der Waals surface area contributed by atoms with Crippen LogP contribution in [0.3, 0.4) is 0 Å². The topological polar surface area (TPSA) is 29.1 Å². The molecule has 0 aromatic heterocycles. The zero-order valence-electron chi connectivity index (χ0n) is 9.41. The lowest BCUT2D eigenvalue weighted by molar-refractivity contribution is -0.125. The van der Waals surface area contributed by atoms with E-state index in [-0.39, 0.29) is 5.91 Å². The van der Waals surface area contributed by atoms with Gasteiger partial charge in [-0.2, -0.15) is 0 Å². The highest BCUT2D eigenvalue weighted by Crippen LogP contribution is 2.63. The van der Waals surface area contributed by atoms with E-state index >= 15 is 0 Å². The third-order valence-corrected chi connectivity index (χ3v) is 4.18. The summed E-state index contributed by atoms with van der Waals surface area (Å²) in [6, 6.07) is 0. The van der Waals surface area contributed by atoms with Crippen LogP contribution in [0.5, 0.6) is 0 Å². The number of carbonyl (C=O) groups is 1. The normalized spacial score (nSPS) is 27.5. The Morgan fingerprint density at radius 1 is 1.33 bits per heavy atom. The molecule has 0 aliphatic heterocycles. The van der Waals surface area contributed by atoms with Gasteiger partial charge in [0.15, 0.2) is 0 Å². The van der Waals surface area contributed by atoms with Crippen LogP contribution in [-0.2, 0) is 4.79 Å². The first kappa shape index (κ1) is 13.1. The van der Waals surface area contributed by atoms with Gasteiger partial charge in [0.05, 0.1) is 5.41 Å². The molecule has 15 heavy (non-hydrogen) atoms. The van der Waals surface area contributed by atoms with Gasteiger partial charge in [0.25, 0.3) is 0 Å². The first-order valence-electron chi connectivity index (χ1n) is 5.60. The molecular formula is C11H19Cl2NO. The SMILES string of the molecule is CCCCCCNC(=O)[C@@]1(C)CC1(Cl)Cl. The second kappa shape index (κ2) is 4.92. The van der Waals surface area contributed by atoms with Crippen LogP contribution in [0.2, 0.25) is 0 Å². The Morgan fingerprint density at radius 2 is 1.93 bits per heavy atom. The van der Waals surface area contributed by atoms with Crippen LogP contribution in [0.1, 0.15) is 46.0 Å². The van der Waals surface area contributed by atoms with Gasteiger partial charge in [-0.05, 0) is 19.8 Å². The van der Waals surface area contributed by atoms with Gasteiger partial charge in [-0.1, -0.05) is 26.2 Å². The molecule has 0 spiro atoms. The van der Waals surface area contributed by atoms with Gasteiger partial charge < -0.3 is 5.32 Å². The number of carbonyl (C=O) groups excluding carboxylic acids is 1. The van der Waals surface area contributed by atoms with E-state index in [0.29, 0.717) is 6.42 Å². The molecule has 0 heterocycles. The average molecular weight is 252 g/mol. The van der Waals surface area contributed by atoms with Crippen molar-refractivity contribution in [2.24, 2.45) is 5.41 Å². The van der Waals surface area contributed by atoms with Gasteiger partial charge in [0.2, 0.25) is 5.91 Å². The molecule has 0 radical (unpaired) electrons. The zero-order chi connectivity index (χ0) is 11.5. The molecule has 2 nitrogen and oxygen atoms in total. The molecule has 0 saturated heterocycles. The number of alkyl halides is 2. The minimum Gasteiger partial charge on any atom is -0.356 e. The zero-order valence-corrected chi connectivity index (χ0v) is 10.9. The molecule has 0 unspecified atom stereocenters. The molecule has 1 saturated carbocycles. The maximum absolute atomic E-state index is 11.7. The van der Waals surface area contributed by atoms with Gasteiger partial charge in [-0.25, -0.2) is 0 Å². The van der Waals surface area contributed by atoms with E-state index in [1.165, 1.54) is 19.3 Å². The van der Waals surface area contributed by atoms with E-state index in [2.05, 4.69) is 12.2 Å². The molecule has 0 aromatic carbocycles. The first-order valence-corrected chi connectivity index (χ1v) is 6.36. The number of halogens is 2. The van der Waals surface area contributed by atoms with Crippen LogP contribution in [-0.4, -0.2) is 16.8 Å². The number of unbranched alkanes of at least 4 members (excludes halogenated alkanes) is 3. The highest BCUT2D eigenvalue weighted by Gasteiger charge is 2.67. The van der Waals surface area contributed by atoms with Crippen LogP contribution in [0.4, 0.5) is 0 Å². The number of hydrogen-bond acceptors (Lipinski definition) is 1. The van der Waals surface area contributed by atoms with E-state index in [1.54, 1.807) is 0 Å². The van der Waals surface area contributed by atoms with Crippen molar-refractivity contribution in [3.05, 3.63) is 0 Å². The third-order valence-electron chi connectivity index (χ3n) is 3.07. The summed E-state index contributed by atoms with van der Waals surface area (Å²) >= 11 is 11.8. The van der Waals surface area contributed by atoms with Crippen LogP contribution in [0.25, 0.3) is 0 Å². The Hall–Kier alpha value is 0.0500. The first-order chi connectivity index (χ1) is 6.94. The van der Waals surface area contributed by atoms with Crippen molar-refractivity contribution in [3.8, 4) is 0 Å². The Labute approximate surface area is 102 Å². The molecule has 4 heteroatoms. The number of amides is 1. The van der Waals surface area contributed by atoms with Crippen molar-refractivity contribution >= 4 is 29.1 Å². The molecule has 1 aliphatic rings. The predicted octanol–water partition coefficient (Wildman–Crippen LogP) is 3.27. The molecule has 0 bridgehead atoms. The van der Waals surface area contributed by atoms with Crippen LogP contribution < -0.4 is 5.32 Å². The molecule has 1 amide bonds. The third kappa shape index (κ3) is 3.01. The number of rotatable bonds is 6. The van der Waals surface area contributed by atoms with E-state index in [1.807, 2.05) is 6.92 Å². The Morgan fingerprint density at radius 3 is 2.40 bits per heavy atom. The summed E-state index contributed by atoms with van der Waals surface area (Å²) in [5.74, 6) is -0.0102. The Bertz CT molecular complexity index is 243. The fourth-order valence-corrected chi connectivity index (χ4v) is 2.30. The monoisotopic (exact) mass is 251 g/mol. The smallest absolute Gasteiger partial charge is 0.229 e. The summed E-state index contributed by atoms with van der Waals surface area (Å²) in [6.45, 7) is 4.71. The van der Waals surface area contributed by atoms with Crippen molar-refractivity contribution in [2.75, 3.05) is 6.54 Å². The number of nitrogens with one attached hydrogen (secondary N) is 1. The highest BCUT2D eigenvalue weighted by atomic mass is 35.5. The number of hydrogen-bond donors (Lipinski definition) is 1. The minimum absolute atomic E-state index is 0.0102. The van der Waals surface area contributed by atoms with E-state index in [4.69, 9.17) is 23.2 Å². The summed E-state index contributed by atoms with van der Waals surface area (Å²) < 4.78 is -0.847. The minimum atomic E-state index is -0.847. The molecule has 1 rings (SSSR count). The molecule has 1 N–H and O–H groups in total. The maximum Gasteiger partial charge on any atom is 0.229 e. The van der Waals surface area contributed by atoms with E-state index in [9.17, 15) is 4.79 Å². The summed E-state index contributed by atoms with van der Waals surface area (Å²) in [6.07, 6.45) is 5.19. The van der Waals surface area contributed by atoms with Gasteiger partial charge in [-0.15, -0.1) is 23.2 Å². The Balaban J connectivity index is 2.15. The summed E-state index contributed by atoms with van der Waals surface area (Å²) in [5.41, 5.74) is -0.569. The maximum atomic E-state index is 11.7. The van der Waals surface area contributed by atoms with Crippen LogP contribution in [0.15, 0.2) is 0 Å². The predicted molar refractivity (Wildman–Crippen MR) is 64.3 cm³/mol. The molecule has 1 aliphatic carbocycles. The summed E-state index contributed by atoms with van der Waals surface area (Å²) in [5, 5.41) is 2.89. The molecule has 1 atom stereocenters. The molecule has 1 fully saturated rings. The quantitative estimate of drug-likeness (QED) is 0.570. The van der Waals surface area contributed by atoms with Crippen LogP contribution in [0, 0.1) is 5.41 Å². The van der Waals surface area contributed by atoms with Crippen molar-refractivity contribution in [1.82, 2.24) is 5.32 Å². The van der Waals surface area contributed by atoms with Crippen molar-refractivity contribution in [2.45, 2.75) is 50.3 Å². The van der Waals surface area contributed by atoms with Crippen LogP contribution >= 0.6 is 23.2 Å². The molecule has 88 valence electrons. The fourth-order valence-electron chi connectivity index (χ4n) is 1.60. The lowest BCUT2D eigenvalue weighted by Gasteiger charge is -2.12. The lowest BCUT2D eigenvalue weighted by atomic mass is 10.1. The Kier molecular flexibility index (Phi) is 4.30. The van der Waals surface area contributed by atoms with Crippen molar-refractivity contribution in [3.63, 3.8) is 0 Å². The van der Waals surface area contributed by atoms with Gasteiger partial charge >= 0.3 is 0 Å². The second-order valence-corrected chi connectivity index (χ2v) is 6.01. The van der Waals surface area contributed by atoms with Crippen molar-refractivity contribution < 1.29 is 4.79 Å².